The number of aryl methyl sites for hydroxylation is 1. The van der Waals surface area contributed by atoms with Crippen molar-refractivity contribution >= 4 is 5.69 Å². The second kappa shape index (κ2) is 8.84. The van der Waals surface area contributed by atoms with E-state index in [0.29, 0.717) is 19.2 Å². The summed E-state index contributed by atoms with van der Waals surface area (Å²) in [6, 6.07) is 9.16. The van der Waals surface area contributed by atoms with Crippen LogP contribution in [0.2, 0.25) is 0 Å². The maximum atomic E-state index is 10.5. The summed E-state index contributed by atoms with van der Waals surface area (Å²) in [6.07, 6.45) is 6.37. The highest BCUT2D eigenvalue weighted by Crippen LogP contribution is 2.32. The van der Waals surface area contributed by atoms with Crippen LogP contribution in [0.1, 0.15) is 44.6 Å². The Kier molecular flexibility index (Phi) is 6.52. The summed E-state index contributed by atoms with van der Waals surface area (Å²) < 4.78 is 11.3. The molecule has 24 heavy (non-hydrogen) atoms. The molecule has 0 radical (unpaired) electrons. The van der Waals surface area contributed by atoms with Crippen molar-refractivity contribution in [2.45, 2.75) is 63.7 Å². The third-order valence-corrected chi connectivity index (χ3v) is 5.21. The average Bonchev–Trinajstić information content (AvgIpc) is 2.63. The van der Waals surface area contributed by atoms with Gasteiger partial charge >= 0.3 is 0 Å². The van der Waals surface area contributed by atoms with Crippen LogP contribution in [0.25, 0.3) is 0 Å². The highest BCUT2D eigenvalue weighted by Gasteiger charge is 2.27. The van der Waals surface area contributed by atoms with E-state index in [1.54, 1.807) is 0 Å². The predicted octanol–water partition coefficient (Wildman–Crippen LogP) is 3.16. The van der Waals surface area contributed by atoms with Gasteiger partial charge in [-0.3, -0.25) is 0 Å². The van der Waals surface area contributed by atoms with Gasteiger partial charge in [0.05, 0.1) is 18.8 Å². The molecule has 134 valence electrons. The molecule has 0 spiro atoms. The molecule has 1 saturated heterocycles. The Balaban J connectivity index is 1.59. The van der Waals surface area contributed by atoms with E-state index >= 15 is 0 Å². The first-order valence-electron chi connectivity index (χ1n) is 9.50. The number of ether oxygens (including phenoxy) is 2. The molecule has 0 aliphatic carbocycles. The molecule has 3 rings (SSSR count). The fourth-order valence-electron chi connectivity index (χ4n) is 3.93. The van der Waals surface area contributed by atoms with Crippen LogP contribution in [0.3, 0.4) is 0 Å². The highest BCUT2D eigenvalue weighted by atomic mass is 16.5. The number of nitrogens with zero attached hydrogens (tertiary/aromatic N) is 1. The second-order valence-electron chi connectivity index (χ2n) is 7.06. The van der Waals surface area contributed by atoms with Crippen LogP contribution in [0.4, 0.5) is 5.69 Å². The van der Waals surface area contributed by atoms with E-state index in [9.17, 15) is 5.11 Å². The molecule has 1 aromatic rings. The number of rotatable bonds is 7. The lowest BCUT2D eigenvalue weighted by molar-refractivity contribution is -0.0578. The first-order chi connectivity index (χ1) is 11.8. The smallest absolute Gasteiger partial charge is 0.0948 e. The Morgan fingerprint density at radius 1 is 1.25 bits per heavy atom. The molecule has 2 aliphatic rings. The zero-order valence-electron chi connectivity index (χ0n) is 14.8. The largest absolute Gasteiger partial charge is 0.389 e. The summed E-state index contributed by atoms with van der Waals surface area (Å²) in [5.74, 6) is 0. The van der Waals surface area contributed by atoms with E-state index in [0.717, 1.165) is 32.5 Å². The molecule has 1 aromatic carbocycles. The lowest BCUT2D eigenvalue weighted by atomic mass is 9.93. The van der Waals surface area contributed by atoms with Crippen LogP contribution >= 0.6 is 0 Å². The summed E-state index contributed by atoms with van der Waals surface area (Å²) >= 11 is 0. The van der Waals surface area contributed by atoms with Gasteiger partial charge in [-0.05, 0) is 43.7 Å². The third kappa shape index (κ3) is 4.50. The second-order valence-corrected chi connectivity index (χ2v) is 7.06. The Labute approximate surface area is 145 Å². The number of hydrogen-bond donors (Lipinski definition) is 1. The first kappa shape index (κ1) is 17.7. The van der Waals surface area contributed by atoms with Gasteiger partial charge < -0.3 is 19.5 Å². The molecule has 0 amide bonds. The average molecular weight is 333 g/mol. The number of aliphatic hydroxyl groups excluding tert-OH is 1. The standard InChI is InChI=1S/C20H31NO3/c1-2-5-17-9-8-16-6-3-4-7-20(16)21(17)14-18(22)15-24-19-10-12-23-13-11-19/h3-4,6-7,17-19,22H,2,5,8-15H2,1H3. The fraction of sp³-hybridized carbons (Fsp3) is 0.700. The van der Waals surface area contributed by atoms with Crippen LogP contribution in [0.5, 0.6) is 0 Å². The number of anilines is 1. The minimum absolute atomic E-state index is 0.244. The molecule has 2 atom stereocenters. The molecule has 0 bridgehead atoms. The van der Waals surface area contributed by atoms with Crippen molar-refractivity contribution in [1.82, 2.24) is 0 Å². The molecule has 2 heterocycles. The highest BCUT2D eigenvalue weighted by molar-refractivity contribution is 5.56. The maximum Gasteiger partial charge on any atom is 0.0948 e. The minimum Gasteiger partial charge on any atom is -0.389 e. The molecule has 4 heteroatoms. The summed E-state index contributed by atoms with van der Waals surface area (Å²) in [5, 5.41) is 10.5. The van der Waals surface area contributed by atoms with Crippen LogP contribution in [-0.4, -0.2) is 49.7 Å². The van der Waals surface area contributed by atoms with Crippen molar-refractivity contribution in [3.8, 4) is 0 Å². The summed E-state index contributed by atoms with van der Waals surface area (Å²) in [4.78, 5) is 2.42. The molecule has 2 unspecified atom stereocenters. The molecular formula is C20H31NO3. The zero-order valence-corrected chi connectivity index (χ0v) is 14.8. The molecule has 1 fully saturated rings. The molecule has 0 saturated carbocycles. The van der Waals surface area contributed by atoms with E-state index in [4.69, 9.17) is 9.47 Å². The van der Waals surface area contributed by atoms with Crippen molar-refractivity contribution in [3.63, 3.8) is 0 Å². The van der Waals surface area contributed by atoms with E-state index in [2.05, 4.69) is 36.1 Å². The molecule has 0 aromatic heterocycles. The number of para-hydroxylation sites is 1. The Morgan fingerprint density at radius 3 is 2.83 bits per heavy atom. The van der Waals surface area contributed by atoms with Gasteiger partial charge in [0.15, 0.2) is 0 Å². The third-order valence-electron chi connectivity index (χ3n) is 5.21. The number of benzene rings is 1. The number of hydrogen-bond acceptors (Lipinski definition) is 4. The van der Waals surface area contributed by atoms with E-state index in [1.165, 1.54) is 30.5 Å². The SMILES string of the molecule is CCCC1CCc2ccccc2N1CC(O)COC1CCOCC1. The quantitative estimate of drug-likeness (QED) is 0.832. The van der Waals surface area contributed by atoms with Gasteiger partial charge in [-0.25, -0.2) is 0 Å². The molecule has 4 nitrogen and oxygen atoms in total. The van der Waals surface area contributed by atoms with Crippen molar-refractivity contribution in [2.24, 2.45) is 0 Å². The number of β-amino-alcohol motifs (C(OH)–C–C–N with tert-alkyl or cyclic N) is 1. The van der Waals surface area contributed by atoms with Crippen LogP contribution < -0.4 is 4.90 Å². The Hall–Kier alpha value is -1.10. The van der Waals surface area contributed by atoms with Crippen molar-refractivity contribution < 1.29 is 14.6 Å². The van der Waals surface area contributed by atoms with Crippen molar-refractivity contribution in [2.75, 3.05) is 31.3 Å². The number of fused-ring (bicyclic) bond motifs is 1. The van der Waals surface area contributed by atoms with Crippen molar-refractivity contribution in [3.05, 3.63) is 29.8 Å². The number of aliphatic hydroxyl groups is 1. The summed E-state index contributed by atoms with van der Waals surface area (Å²) in [6.45, 7) is 4.87. The summed E-state index contributed by atoms with van der Waals surface area (Å²) in [5.41, 5.74) is 2.70. The topological polar surface area (TPSA) is 41.9 Å². The normalized spacial score (nSPS) is 23.1. The van der Waals surface area contributed by atoms with E-state index in [1.807, 2.05) is 0 Å². The Morgan fingerprint density at radius 2 is 2.04 bits per heavy atom. The van der Waals surface area contributed by atoms with Gasteiger partial charge in [-0.15, -0.1) is 0 Å². The monoisotopic (exact) mass is 333 g/mol. The lowest BCUT2D eigenvalue weighted by Gasteiger charge is -2.40. The van der Waals surface area contributed by atoms with Gasteiger partial charge in [0.2, 0.25) is 0 Å². The van der Waals surface area contributed by atoms with Gasteiger partial charge in [0, 0.05) is 31.5 Å². The van der Waals surface area contributed by atoms with Gasteiger partial charge in [-0.2, -0.15) is 0 Å². The van der Waals surface area contributed by atoms with Gasteiger partial charge in [0.1, 0.15) is 0 Å². The van der Waals surface area contributed by atoms with Crippen LogP contribution in [0.15, 0.2) is 24.3 Å². The zero-order chi connectivity index (χ0) is 16.8. The van der Waals surface area contributed by atoms with Gasteiger partial charge in [-0.1, -0.05) is 31.5 Å². The lowest BCUT2D eigenvalue weighted by Crippen LogP contribution is -2.45. The van der Waals surface area contributed by atoms with Gasteiger partial charge in [0.25, 0.3) is 0 Å². The molecule has 1 N–H and O–H groups in total. The van der Waals surface area contributed by atoms with E-state index in [-0.39, 0.29) is 6.10 Å². The van der Waals surface area contributed by atoms with Crippen LogP contribution in [0, 0.1) is 0 Å². The molecular weight excluding hydrogens is 302 g/mol. The predicted molar refractivity (Wildman–Crippen MR) is 96.6 cm³/mol. The molecule has 2 aliphatic heterocycles. The summed E-state index contributed by atoms with van der Waals surface area (Å²) in [7, 11) is 0. The first-order valence-corrected chi connectivity index (χ1v) is 9.50. The van der Waals surface area contributed by atoms with Crippen LogP contribution in [-0.2, 0) is 15.9 Å². The maximum absolute atomic E-state index is 10.5. The van der Waals surface area contributed by atoms with E-state index < -0.39 is 6.10 Å². The van der Waals surface area contributed by atoms with Crippen molar-refractivity contribution in [1.29, 1.82) is 0 Å². The Bertz CT molecular complexity index is 501. The fourth-order valence-corrected chi connectivity index (χ4v) is 3.93. The minimum atomic E-state index is -0.446.